The molecule has 0 spiro atoms. The van der Waals surface area contributed by atoms with Gasteiger partial charge in [0.25, 0.3) is 5.69 Å². The molecule has 5 heteroatoms. The highest BCUT2D eigenvalue weighted by molar-refractivity contribution is 7.19. The highest BCUT2D eigenvalue weighted by Crippen LogP contribution is 2.37. The van der Waals surface area contributed by atoms with Crippen molar-refractivity contribution in [2.45, 2.75) is 6.92 Å². The molecule has 1 aromatic carbocycles. The van der Waals surface area contributed by atoms with Gasteiger partial charge >= 0.3 is 0 Å². The van der Waals surface area contributed by atoms with Crippen molar-refractivity contribution >= 4 is 27.1 Å². The van der Waals surface area contributed by atoms with Crippen LogP contribution in [0.1, 0.15) is 4.88 Å². The maximum absolute atomic E-state index is 13.3. The molecule has 0 N–H and O–H groups in total. The zero-order valence-corrected chi connectivity index (χ0v) is 8.10. The van der Waals surface area contributed by atoms with Crippen LogP contribution in [0.5, 0.6) is 0 Å². The molecule has 0 fully saturated rings. The Labute approximate surface area is 82.9 Å². The molecule has 1 aromatic heterocycles. The fourth-order valence-electron chi connectivity index (χ4n) is 1.43. The number of hydrogen-bond donors (Lipinski definition) is 0. The van der Waals surface area contributed by atoms with Gasteiger partial charge in [-0.1, -0.05) is 6.07 Å². The average molecular weight is 211 g/mol. The third-order valence-corrected chi connectivity index (χ3v) is 3.05. The van der Waals surface area contributed by atoms with E-state index < -0.39 is 10.7 Å². The summed E-state index contributed by atoms with van der Waals surface area (Å²) in [5.74, 6) is -0.529. The Kier molecular flexibility index (Phi) is 1.96. The van der Waals surface area contributed by atoms with E-state index in [9.17, 15) is 14.5 Å². The fourth-order valence-corrected chi connectivity index (χ4v) is 2.47. The van der Waals surface area contributed by atoms with Crippen LogP contribution in [0, 0.1) is 22.9 Å². The summed E-state index contributed by atoms with van der Waals surface area (Å²) in [4.78, 5) is 10.7. The molecule has 3 nitrogen and oxygen atoms in total. The molecule has 0 aliphatic rings. The Hall–Kier alpha value is -1.49. The van der Waals surface area contributed by atoms with E-state index in [2.05, 4.69) is 0 Å². The van der Waals surface area contributed by atoms with Crippen molar-refractivity contribution in [3.05, 3.63) is 39.0 Å². The number of hydrogen-bond acceptors (Lipinski definition) is 3. The summed E-state index contributed by atoms with van der Waals surface area (Å²) in [7, 11) is 0. The quantitative estimate of drug-likeness (QED) is 0.536. The van der Waals surface area contributed by atoms with Crippen molar-refractivity contribution in [1.29, 1.82) is 0 Å². The van der Waals surface area contributed by atoms with Gasteiger partial charge < -0.3 is 0 Å². The van der Waals surface area contributed by atoms with Gasteiger partial charge in [-0.05, 0) is 19.1 Å². The summed E-state index contributed by atoms with van der Waals surface area (Å²) in [6.45, 7) is 1.63. The van der Waals surface area contributed by atoms with Crippen LogP contribution in [0.3, 0.4) is 0 Å². The summed E-state index contributed by atoms with van der Waals surface area (Å²) in [5.41, 5.74) is -0.108. The van der Waals surface area contributed by atoms with E-state index in [-0.39, 0.29) is 11.1 Å². The molecule has 0 amide bonds. The zero-order valence-electron chi connectivity index (χ0n) is 7.28. The van der Waals surface area contributed by atoms with Gasteiger partial charge in [-0.3, -0.25) is 10.1 Å². The van der Waals surface area contributed by atoms with Gasteiger partial charge in [0.2, 0.25) is 0 Å². The van der Waals surface area contributed by atoms with E-state index in [1.54, 1.807) is 19.1 Å². The van der Waals surface area contributed by atoms with E-state index in [0.717, 1.165) is 0 Å². The number of nitrogens with zero attached hydrogens (tertiary/aromatic N) is 1. The summed E-state index contributed by atoms with van der Waals surface area (Å²) >= 11 is 1.24. The predicted octanol–water partition coefficient (Wildman–Crippen LogP) is 3.26. The highest BCUT2D eigenvalue weighted by Gasteiger charge is 2.21. The number of nitro groups is 1. The van der Waals surface area contributed by atoms with Crippen LogP contribution in [0.2, 0.25) is 0 Å². The van der Waals surface area contributed by atoms with Crippen molar-refractivity contribution in [3.63, 3.8) is 0 Å². The molecule has 2 rings (SSSR count). The molecule has 14 heavy (non-hydrogen) atoms. The minimum Gasteiger partial charge on any atom is -0.258 e. The molecular weight excluding hydrogens is 205 g/mol. The minimum absolute atomic E-state index is 0.108. The summed E-state index contributed by atoms with van der Waals surface area (Å²) in [5, 5.41) is 10.8. The first-order valence-corrected chi connectivity index (χ1v) is 4.75. The number of thiophene rings is 1. The second-order valence-corrected chi connectivity index (χ2v) is 4.13. The largest absolute Gasteiger partial charge is 0.293 e. The lowest BCUT2D eigenvalue weighted by molar-refractivity contribution is -0.383. The zero-order chi connectivity index (χ0) is 10.3. The highest BCUT2D eigenvalue weighted by atomic mass is 32.1. The van der Waals surface area contributed by atoms with E-state index >= 15 is 0 Å². The molecule has 2 aromatic rings. The first-order chi connectivity index (χ1) is 6.61. The third-order valence-electron chi connectivity index (χ3n) is 1.99. The lowest BCUT2D eigenvalue weighted by atomic mass is 10.2. The maximum atomic E-state index is 13.3. The van der Waals surface area contributed by atoms with Crippen LogP contribution in [0.25, 0.3) is 10.1 Å². The van der Waals surface area contributed by atoms with Gasteiger partial charge in [0, 0.05) is 4.70 Å². The Bertz CT molecular complexity index is 521. The van der Waals surface area contributed by atoms with Crippen LogP contribution >= 0.6 is 11.3 Å². The van der Waals surface area contributed by atoms with Gasteiger partial charge in [-0.25, -0.2) is 4.39 Å². The number of aryl methyl sites for hydroxylation is 1. The summed E-state index contributed by atoms with van der Waals surface area (Å²) < 4.78 is 13.9. The molecule has 0 saturated heterocycles. The summed E-state index contributed by atoms with van der Waals surface area (Å²) in [6, 6.07) is 4.47. The van der Waals surface area contributed by atoms with Crippen molar-refractivity contribution in [2.75, 3.05) is 0 Å². The van der Waals surface area contributed by atoms with Crippen molar-refractivity contribution in [2.24, 2.45) is 0 Å². The molecule has 0 saturated carbocycles. The van der Waals surface area contributed by atoms with Crippen LogP contribution in [-0.2, 0) is 0 Å². The molecule has 1 heterocycles. The second kappa shape index (κ2) is 3.02. The van der Waals surface area contributed by atoms with Crippen LogP contribution in [0.15, 0.2) is 18.2 Å². The predicted molar refractivity (Wildman–Crippen MR) is 53.2 cm³/mol. The molecule has 0 aliphatic carbocycles. The Balaban J connectivity index is 2.93. The number of fused-ring (bicyclic) bond motifs is 1. The molecular formula is C9H6FNO2S. The van der Waals surface area contributed by atoms with E-state index in [0.29, 0.717) is 9.58 Å². The Morgan fingerprint density at radius 1 is 1.50 bits per heavy atom. The van der Waals surface area contributed by atoms with Gasteiger partial charge in [-0.2, -0.15) is 0 Å². The monoisotopic (exact) mass is 211 g/mol. The molecule has 0 unspecified atom stereocenters. The second-order valence-electron chi connectivity index (χ2n) is 2.88. The lowest BCUT2D eigenvalue weighted by Gasteiger charge is -1.92. The minimum atomic E-state index is -0.531. The summed E-state index contributed by atoms with van der Waals surface area (Å²) in [6.07, 6.45) is 0. The smallest absolute Gasteiger partial charge is 0.258 e. The van der Waals surface area contributed by atoms with Gasteiger partial charge in [0.15, 0.2) is 0 Å². The third kappa shape index (κ3) is 1.17. The first kappa shape index (κ1) is 9.08. The van der Waals surface area contributed by atoms with E-state index in [1.165, 1.54) is 17.4 Å². The van der Waals surface area contributed by atoms with Gasteiger partial charge in [-0.15, -0.1) is 11.3 Å². The van der Waals surface area contributed by atoms with Crippen molar-refractivity contribution in [3.8, 4) is 0 Å². The normalized spacial score (nSPS) is 10.7. The molecule has 0 atom stereocenters. The van der Waals surface area contributed by atoms with Crippen molar-refractivity contribution < 1.29 is 9.31 Å². The Morgan fingerprint density at radius 2 is 2.21 bits per heavy atom. The molecule has 72 valence electrons. The molecule has 0 radical (unpaired) electrons. The van der Waals surface area contributed by atoms with E-state index in [4.69, 9.17) is 0 Å². The Morgan fingerprint density at radius 3 is 2.86 bits per heavy atom. The number of rotatable bonds is 1. The van der Waals surface area contributed by atoms with Crippen molar-refractivity contribution in [1.82, 2.24) is 0 Å². The lowest BCUT2D eigenvalue weighted by Crippen LogP contribution is -1.89. The van der Waals surface area contributed by atoms with E-state index in [1.807, 2.05) is 0 Å². The standard InChI is InChI=1S/C9H6FNO2S/c1-5-9(11(12)13)8-6(10)3-2-4-7(8)14-5/h2-4H,1H3. The first-order valence-electron chi connectivity index (χ1n) is 3.93. The fraction of sp³-hybridized carbons (Fsp3) is 0.111. The molecule has 0 aliphatic heterocycles. The van der Waals surface area contributed by atoms with Crippen LogP contribution in [0.4, 0.5) is 10.1 Å². The number of benzene rings is 1. The molecule has 0 bridgehead atoms. The number of halogens is 1. The maximum Gasteiger partial charge on any atom is 0.293 e. The van der Waals surface area contributed by atoms with Gasteiger partial charge in [0.1, 0.15) is 11.2 Å². The van der Waals surface area contributed by atoms with Crippen LogP contribution < -0.4 is 0 Å². The van der Waals surface area contributed by atoms with Gasteiger partial charge in [0.05, 0.1) is 9.80 Å². The SMILES string of the molecule is Cc1sc2cccc(F)c2c1[N+](=O)[O-]. The van der Waals surface area contributed by atoms with Crippen LogP contribution in [-0.4, -0.2) is 4.92 Å². The average Bonchev–Trinajstić information content (AvgIpc) is 2.42. The topological polar surface area (TPSA) is 43.1 Å².